The molecular weight excluding hydrogens is 382 g/mol. The lowest BCUT2D eigenvalue weighted by atomic mass is 9.71. The predicted molar refractivity (Wildman–Crippen MR) is 106 cm³/mol. The third-order valence-corrected chi connectivity index (χ3v) is 6.43. The molecule has 2 atom stereocenters. The number of carbonyl (C=O) groups excluding carboxylic acids is 1. The van der Waals surface area contributed by atoms with Gasteiger partial charge in [0.2, 0.25) is 0 Å². The van der Waals surface area contributed by atoms with Crippen molar-refractivity contribution in [3.05, 3.63) is 39.2 Å². The van der Waals surface area contributed by atoms with Gasteiger partial charge in [-0.05, 0) is 37.8 Å². The summed E-state index contributed by atoms with van der Waals surface area (Å²) in [6, 6.07) is 4.64. The van der Waals surface area contributed by atoms with Crippen LogP contribution in [0.2, 0.25) is 5.02 Å². The minimum atomic E-state index is -0.618. The first kappa shape index (κ1) is 19.3. The van der Waals surface area contributed by atoms with Crippen molar-refractivity contribution in [1.82, 2.24) is 4.90 Å². The molecule has 1 saturated heterocycles. The highest BCUT2D eigenvalue weighted by atomic mass is 35.5. The van der Waals surface area contributed by atoms with E-state index in [1.807, 2.05) is 6.92 Å². The third-order valence-electron chi connectivity index (χ3n) is 6.14. The molecule has 2 aliphatic rings. The predicted octanol–water partition coefficient (Wildman–Crippen LogP) is 3.29. The second-order valence-corrected chi connectivity index (χ2v) is 8.36. The van der Waals surface area contributed by atoms with E-state index in [9.17, 15) is 14.7 Å². The Morgan fingerprint density at radius 2 is 2.18 bits per heavy atom. The van der Waals surface area contributed by atoms with Crippen LogP contribution < -0.4 is 10.4 Å². The first-order valence-corrected chi connectivity index (χ1v) is 10.1. The molecule has 0 unspecified atom stereocenters. The van der Waals surface area contributed by atoms with Crippen LogP contribution in [0.1, 0.15) is 37.7 Å². The topological polar surface area (TPSA) is 80.0 Å². The lowest BCUT2D eigenvalue weighted by Crippen LogP contribution is -2.55. The van der Waals surface area contributed by atoms with Crippen molar-refractivity contribution in [2.24, 2.45) is 5.92 Å². The zero-order chi connectivity index (χ0) is 19.9. The summed E-state index contributed by atoms with van der Waals surface area (Å²) in [6.07, 6.45) is 4.55. The van der Waals surface area contributed by atoms with Crippen LogP contribution in [0.4, 0.5) is 0 Å². The number of amides is 1. The fraction of sp³-hybridized carbons (Fsp3) is 0.524. The van der Waals surface area contributed by atoms with Crippen molar-refractivity contribution in [3.63, 3.8) is 0 Å². The molecule has 1 aromatic heterocycles. The highest BCUT2D eigenvalue weighted by Gasteiger charge is 2.43. The van der Waals surface area contributed by atoms with Crippen molar-refractivity contribution in [1.29, 1.82) is 0 Å². The lowest BCUT2D eigenvalue weighted by Gasteiger charge is -2.47. The van der Waals surface area contributed by atoms with Gasteiger partial charge in [-0.1, -0.05) is 24.4 Å². The molecular formula is C21H24ClNO5. The summed E-state index contributed by atoms with van der Waals surface area (Å²) in [4.78, 5) is 26.0. The lowest BCUT2D eigenvalue weighted by molar-refractivity contribution is -0.145. The van der Waals surface area contributed by atoms with Gasteiger partial charge in [-0.2, -0.15) is 0 Å². The Morgan fingerprint density at radius 1 is 1.36 bits per heavy atom. The Kier molecular flexibility index (Phi) is 5.10. The second-order valence-electron chi connectivity index (χ2n) is 7.95. The average Bonchev–Trinajstić information content (AvgIpc) is 2.66. The summed E-state index contributed by atoms with van der Waals surface area (Å²) in [6.45, 7) is 2.77. The summed E-state index contributed by atoms with van der Waals surface area (Å²) >= 11 is 6.29. The Bertz CT molecular complexity index is 971. The van der Waals surface area contributed by atoms with E-state index in [1.165, 1.54) is 6.07 Å². The summed E-state index contributed by atoms with van der Waals surface area (Å²) < 4.78 is 10.9. The monoisotopic (exact) mass is 405 g/mol. The van der Waals surface area contributed by atoms with Gasteiger partial charge in [0.05, 0.1) is 10.6 Å². The van der Waals surface area contributed by atoms with E-state index in [0.717, 1.165) is 36.6 Å². The van der Waals surface area contributed by atoms with Crippen molar-refractivity contribution in [2.45, 2.75) is 44.6 Å². The van der Waals surface area contributed by atoms with Crippen LogP contribution >= 0.6 is 11.6 Å². The number of ether oxygens (including phenoxy) is 1. The largest absolute Gasteiger partial charge is 0.482 e. The Labute approximate surface area is 168 Å². The molecule has 0 radical (unpaired) electrons. The molecule has 1 aliphatic carbocycles. The number of aliphatic hydroxyl groups is 1. The Hall–Kier alpha value is -2.05. The maximum absolute atomic E-state index is 12.6. The fourth-order valence-electron chi connectivity index (χ4n) is 4.46. The molecule has 0 spiro atoms. The molecule has 150 valence electrons. The molecule has 1 aromatic carbocycles. The van der Waals surface area contributed by atoms with Crippen LogP contribution in [0.5, 0.6) is 5.75 Å². The number of halogens is 1. The van der Waals surface area contributed by atoms with Crippen LogP contribution in [0.3, 0.4) is 0 Å². The number of benzene rings is 1. The van der Waals surface area contributed by atoms with Crippen molar-refractivity contribution in [3.8, 4) is 5.75 Å². The van der Waals surface area contributed by atoms with Crippen molar-refractivity contribution >= 4 is 28.5 Å². The van der Waals surface area contributed by atoms with Gasteiger partial charge < -0.3 is 19.2 Å². The summed E-state index contributed by atoms with van der Waals surface area (Å²) in [5.74, 6) is 0.317. The molecule has 1 aliphatic heterocycles. The van der Waals surface area contributed by atoms with Gasteiger partial charge in [-0.25, -0.2) is 4.79 Å². The zero-order valence-electron chi connectivity index (χ0n) is 15.9. The van der Waals surface area contributed by atoms with Gasteiger partial charge in [-0.3, -0.25) is 4.79 Å². The smallest absolute Gasteiger partial charge is 0.336 e. The number of nitrogens with zero attached hydrogens (tertiary/aromatic N) is 1. The van der Waals surface area contributed by atoms with Gasteiger partial charge in [-0.15, -0.1) is 0 Å². The standard InChI is InChI=1S/C21H24ClNO5/c1-13-8-20(25)28-17-10-18(16(22)9-15(13)17)27-12-19(24)23-7-6-21(26)5-3-2-4-14(21)11-23/h8-10,14,26H,2-7,11-12H2,1H3/t14-,21-/m1/s1. The number of likely N-dealkylation sites (tertiary alicyclic amines) is 1. The molecule has 6 nitrogen and oxygen atoms in total. The minimum absolute atomic E-state index is 0.130. The maximum atomic E-state index is 12.6. The highest BCUT2D eigenvalue weighted by Crippen LogP contribution is 2.39. The number of fused-ring (bicyclic) bond motifs is 2. The van der Waals surface area contributed by atoms with Gasteiger partial charge in [0, 0.05) is 36.5 Å². The molecule has 7 heteroatoms. The van der Waals surface area contributed by atoms with Crippen molar-refractivity contribution in [2.75, 3.05) is 19.7 Å². The minimum Gasteiger partial charge on any atom is -0.482 e. The van der Waals surface area contributed by atoms with E-state index in [-0.39, 0.29) is 18.4 Å². The summed E-state index contributed by atoms with van der Waals surface area (Å²) in [7, 11) is 0. The molecule has 2 aromatic rings. The van der Waals surface area contributed by atoms with E-state index in [0.29, 0.717) is 35.9 Å². The van der Waals surface area contributed by atoms with E-state index < -0.39 is 11.2 Å². The number of hydrogen-bond donors (Lipinski definition) is 1. The Morgan fingerprint density at radius 3 is 3.00 bits per heavy atom. The SMILES string of the molecule is Cc1cc(=O)oc2cc(OCC(=O)N3CC[C@]4(O)CCCC[C@@H]4C3)c(Cl)cc12. The number of piperidine rings is 1. The zero-order valence-corrected chi connectivity index (χ0v) is 16.6. The van der Waals surface area contributed by atoms with E-state index in [2.05, 4.69) is 0 Å². The average molecular weight is 406 g/mol. The number of rotatable bonds is 3. The van der Waals surface area contributed by atoms with Gasteiger partial charge in [0.1, 0.15) is 11.3 Å². The van der Waals surface area contributed by atoms with Crippen LogP contribution in [0.25, 0.3) is 11.0 Å². The molecule has 2 heterocycles. The molecule has 4 rings (SSSR count). The number of hydrogen-bond acceptors (Lipinski definition) is 5. The molecule has 2 fully saturated rings. The van der Waals surface area contributed by atoms with E-state index in [1.54, 1.807) is 17.0 Å². The normalized spacial score (nSPS) is 24.8. The molecule has 0 bridgehead atoms. The number of aryl methyl sites for hydroxylation is 1. The third kappa shape index (κ3) is 3.63. The molecule has 1 amide bonds. The van der Waals surface area contributed by atoms with Gasteiger partial charge in [0.15, 0.2) is 6.61 Å². The van der Waals surface area contributed by atoms with Crippen LogP contribution in [0, 0.1) is 12.8 Å². The van der Waals surface area contributed by atoms with Crippen LogP contribution in [-0.2, 0) is 4.79 Å². The van der Waals surface area contributed by atoms with Gasteiger partial charge >= 0.3 is 5.63 Å². The first-order chi connectivity index (χ1) is 13.4. The maximum Gasteiger partial charge on any atom is 0.336 e. The quantitative estimate of drug-likeness (QED) is 0.792. The van der Waals surface area contributed by atoms with E-state index >= 15 is 0 Å². The van der Waals surface area contributed by atoms with Crippen LogP contribution in [-0.4, -0.2) is 41.2 Å². The Balaban J connectivity index is 1.45. The fourth-order valence-corrected chi connectivity index (χ4v) is 4.68. The second kappa shape index (κ2) is 7.41. The first-order valence-electron chi connectivity index (χ1n) is 9.73. The van der Waals surface area contributed by atoms with Crippen molar-refractivity contribution < 1.29 is 19.1 Å². The van der Waals surface area contributed by atoms with E-state index in [4.69, 9.17) is 20.8 Å². The summed E-state index contributed by atoms with van der Waals surface area (Å²) in [5.41, 5.74) is 0.0845. The molecule has 28 heavy (non-hydrogen) atoms. The molecule has 1 saturated carbocycles. The summed E-state index contributed by atoms with van der Waals surface area (Å²) in [5, 5.41) is 11.8. The molecule has 1 N–H and O–H groups in total. The van der Waals surface area contributed by atoms with Crippen LogP contribution in [0.15, 0.2) is 27.4 Å². The van der Waals surface area contributed by atoms with Gasteiger partial charge in [0.25, 0.3) is 5.91 Å². The number of carbonyl (C=O) groups is 1. The highest BCUT2D eigenvalue weighted by molar-refractivity contribution is 6.32.